The molecule has 1 N–H and O–H groups in total. The summed E-state index contributed by atoms with van der Waals surface area (Å²) in [6.45, 7) is 6.81. The van der Waals surface area contributed by atoms with Crippen molar-refractivity contribution < 1.29 is 8.42 Å². The molecule has 96 valence electrons. The highest BCUT2D eigenvalue weighted by Gasteiger charge is 2.35. The largest absolute Gasteiger partial charge is 0.313 e. The van der Waals surface area contributed by atoms with Crippen LogP contribution in [-0.4, -0.2) is 31.5 Å². The number of hydrogen-bond acceptors (Lipinski definition) is 3. The average molecular weight is 247 g/mol. The van der Waals surface area contributed by atoms with Crippen LogP contribution in [-0.2, 0) is 9.84 Å². The van der Waals surface area contributed by atoms with Crippen LogP contribution < -0.4 is 5.32 Å². The molecule has 1 aliphatic rings. The van der Waals surface area contributed by atoms with Gasteiger partial charge in [0.25, 0.3) is 0 Å². The Bertz CT molecular complexity index is 294. The Morgan fingerprint density at radius 3 is 2.31 bits per heavy atom. The van der Waals surface area contributed by atoms with Gasteiger partial charge in [-0.3, -0.25) is 0 Å². The molecule has 0 bridgehead atoms. The highest BCUT2D eigenvalue weighted by atomic mass is 32.2. The first-order valence-electron chi connectivity index (χ1n) is 6.46. The molecule has 0 aromatic heterocycles. The number of nitrogens with one attached hydrogen (secondary N) is 1. The lowest BCUT2D eigenvalue weighted by atomic mass is 10.2. The summed E-state index contributed by atoms with van der Waals surface area (Å²) in [5.74, 6) is 0. The molecule has 0 heterocycles. The van der Waals surface area contributed by atoms with Crippen molar-refractivity contribution in [2.75, 3.05) is 6.54 Å². The van der Waals surface area contributed by atoms with Crippen molar-refractivity contribution in [1.29, 1.82) is 0 Å². The van der Waals surface area contributed by atoms with E-state index >= 15 is 0 Å². The third-order valence-corrected chi connectivity index (χ3v) is 6.55. The van der Waals surface area contributed by atoms with E-state index in [-0.39, 0.29) is 16.5 Å². The van der Waals surface area contributed by atoms with Gasteiger partial charge in [-0.05, 0) is 39.7 Å². The van der Waals surface area contributed by atoms with Gasteiger partial charge in [0.15, 0.2) is 9.84 Å². The van der Waals surface area contributed by atoms with Crippen LogP contribution in [0.5, 0.6) is 0 Å². The summed E-state index contributed by atoms with van der Waals surface area (Å²) in [4.78, 5) is 0. The van der Waals surface area contributed by atoms with Crippen LogP contribution in [0.1, 0.15) is 52.9 Å². The van der Waals surface area contributed by atoms with Crippen LogP contribution in [0.3, 0.4) is 0 Å². The molecule has 0 aromatic carbocycles. The van der Waals surface area contributed by atoms with E-state index in [0.29, 0.717) is 0 Å². The summed E-state index contributed by atoms with van der Waals surface area (Å²) in [7, 11) is -2.93. The predicted molar refractivity (Wildman–Crippen MR) is 68.4 cm³/mol. The van der Waals surface area contributed by atoms with Gasteiger partial charge in [-0.25, -0.2) is 8.42 Å². The van der Waals surface area contributed by atoms with Gasteiger partial charge in [0.1, 0.15) is 0 Å². The van der Waals surface area contributed by atoms with E-state index in [1.807, 2.05) is 13.8 Å². The molecule has 3 nitrogen and oxygen atoms in total. The van der Waals surface area contributed by atoms with Gasteiger partial charge >= 0.3 is 0 Å². The first-order chi connectivity index (χ1) is 7.50. The molecule has 2 unspecified atom stereocenters. The standard InChI is InChI=1S/C12H25NO2S/c1-4-9-13-10(2)11(3)16(14,15)12-7-5-6-8-12/h10-13H,4-9H2,1-3H3. The summed E-state index contributed by atoms with van der Waals surface area (Å²) in [5.41, 5.74) is 0. The van der Waals surface area contributed by atoms with Crippen LogP contribution >= 0.6 is 0 Å². The molecule has 0 aromatic rings. The third-order valence-electron chi connectivity index (χ3n) is 3.71. The second-order valence-corrected chi connectivity index (χ2v) is 7.53. The molecule has 0 spiro atoms. The molecule has 0 aliphatic heterocycles. The molecule has 1 fully saturated rings. The summed E-state index contributed by atoms with van der Waals surface area (Å²) < 4.78 is 24.6. The summed E-state index contributed by atoms with van der Waals surface area (Å²) in [6, 6.07) is 0.0607. The smallest absolute Gasteiger partial charge is 0.157 e. The molecular weight excluding hydrogens is 222 g/mol. The SMILES string of the molecule is CCCNC(C)C(C)S(=O)(=O)C1CCCC1. The number of hydrogen-bond donors (Lipinski definition) is 1. The minimum Gasteiger partial charge on any atom is -0.313 e. The Labute approximate surface area is 99.9 Å². The van der Waals surface area contributed by atoms with E-state index in [2.05, 4.69) is 12.2 Å². The van der Waals surface area contributed by atoms with Gasteiger partial charge in [0, 0.05) is 6.04 Å². The van der Waals surface area contributed by atoms with Crippen molar-refractivity contribution in [3.8, 4) is 0 Å². The summed E-state index contributed by atoms with van der Waals surface area (Å²) in [6.07, 6.45) is 4.93. The first kappa shape index (κ1) is 14.0. The lowest BCUT2D eigenvalue weighted by molar-refractivity contribution is 0.502. The van der Waals surface area contributed by atoms with Crippen LogP contribution in [0.25, 0.3) is 0 Å². The van der Waals surface area contributed by atoms with E-state index in [1.165, 1.54) is 0 Å². The van der Waals surface area contributed by atoms with Crippen molar-refractivity contribution in [2.24, 2.45) is 0 Å². The fourth-order valence-electron chi connectivity index (χ4n) is 2.34. The Hall–Kier alpha value is -0.0900. The van der Waals surface area contributed by atoms with E-state index in [9.17, 15) is 8.42 Å². The number of rotatable bonds is 6. The maximum atomic E-state index is 12.3. The van der Waals surface area contributed by atoms with Crippen molar-refractivity contribution in [3.05, 3.63) is 0 Å². The minimum atomic E-state index is -2.93. The molecule has 0 radical (unpaired) electrons. The van der Waals surface area contributed by atoms with Gasteiger partial charge in [-0.15, -0.1) is 0 Å². The highest BCUT2D eigenvalue weighted by Crippen LogP contribution is 2.28. The fraction of sp³-hybridized carbons (Fsp3) is 1.00. The summed E-state index contributed by atoms with van der Waals surface area (Å²) >= 11 is 0. The Kier molecular flexibility index (Phi) is 5.25. The molecular formula is C12H25NO2S. The lowest BCUT2D eigenvalue weighted by Crippen LogP contribution is -2.43. The Morgan fingerprint density at radius 2 is 1.81 bits per heavy atom. The Morgan fingerprint density at radius 1 is 1.25 bits per heavy atom. The zero-order valence-electron chi connectivity index (χ0n) is 10.7. The van der Waals surface area contributed by atoms with Crippen molar-refractivity contribution in [1.82, 2.24) is 5.32 Å². The van der Waals surface area contributed by atoms with Crippen LogP contribution in [0.2, 0.25) is 0 Å². The molecule has 4 heteroatoms. The zero-order valence-corrected chi connectivity index (χ0v) is 11.5. The molecule has 16 heavy (non-hydrogen) atoms. The topological polar surface area (TPSA) is 46.2 Å². The first-order valence-corrected chi connectivity index (χ1v) is 8.07. The maximum Gasteiger partial charge on any atom is 0.157 e. The molecule has 2 atom stereocenters. The van der Waals surface area contributed by atoms with E-state index in [0.717, 1.165) is 38.6 Å². The van der Waals surface area contributed by atoms with Gasteiger partial charge in [0.05, 0.1) is 10.5 Å². The molecule has 0 saturated heterocycles. The van der Waals surface area contributed by atoms with Gasteiger partial charge in [-0.1, -0.05) is 19.8 Å². The zero-order chi connectivity index (χ0) is 12.2. The molecule has 1 rings (SSSR count). The van der Waals surface area contributed by atoms with E-state index in [4.69, 9.17) is 0 Å². The van der Waals surface area contributed by atoms with E-state index in [1.54, 1.807) is 0 Å². The predicted octanol–water partition coefficient (Wildman–Crippen LogP) is 2.12. The van der Waals surface area contributed by atoms with Crippen LogP contribution in [0.4, 0.5) is 0 Å². The van der Waals surface area contributed by atoms with Crippen molar-refractivity contribution in [3.63, 3.8) is 0 Å². The highest BCUT2D eigenvalue weighted by molar-refractivity contribution is 7.92. The van der Waals surface area contributed by atoms with Crippen LogP contribution in [0, 0.1) is 0 Å². The van der Waals surface area contributed by atoms with Crippen LogP contribution in [0.15, 0.2) is 0 Å². The third kappa shape index (κ3) is 3.20. The minimum absolute atomic E-state index is 0.0607. The molecule has 1 aliphatic carbocycles. The van der Waals surface area contributed by atoms with E-state index < -0.39 is 9.84 Å². The molecule has 0 amide bonds. The second-order valence-electron chi connectivity index (χ2n) is 4.94. The monoisotopic (exact) mass is 247 g/mol. The van der Waals surface area contributed by atoms with Crippen molar-refractivity contribution >= 4 is 9.84 Å². The van der Waals surface area contributed by atoms with Crippen molar-refractivity contribution in [2.45, 2.75) is 69.4 Å². The molecule has 1 saturated carbocycles. The number of sulfone groups is 1. The summed E-state index contributed by atoms with van der Waals surface area (Å²) in [5, 5.41) is 2.94. The van der Waals surface area contributed by atoms with Gasteiger partial charge in [-0.2, -0.15) is 0 Å². The Balaban J connectivity index is 2.59. The van der Waals surface area contributed by atoms with Gasteiger partial charge < -0.3 is 5.32 Å². The quantitative estimate of drug-likeness (QED) is 0.782. The second kappa shape index (κ2) is 6.01. The van der Waals surface area contributed by atoms with Gasteiger partial charge in [0.2, 0.25) is 0 Å². The maximum absolute atomic E-state index is 12.3. The fourth-order valence-corrected chi connectivity index (χ4v) is 4.61. The lowest BCUT2D eigenvalue weighted by Gasteiger charge is -2.24. The normalized spacial score (nSPS) is 22.2. The average Bonchev–Trinajstić information content (AvgIpc) is 2.78.